The third-order valence-corrected chi connectivity index (χ3v) is 4.75. The molecule has 0 atom stereocenters. The van der Waals surface area contributed by atoms with Gasteiger partial charge in [-0.1, -0.05) is 0 Å². The van der Waals surface area contributed by atoms with E-state index in [2.05, 4.69) is 26.9 Å². The van der Waals surface area contributed by atoms with Crippen molar-refractivity contribution in [3.05, 3.63) is 15.9 Å². The fourth-order valence-corrected chi connectivity index (χ4v) is 3.22. The Morgan fingerprint density at radius 3 is 2.81 bits per heavy atom. The zero-order valence-electron chi connectivity index (χ0n) is 9.33. The maximum absolute atomic E-state index is 11.6. The molecule has 0 amide bonds. The summed E-state index contributed by atoms with van der Waals surface area (Å²) in [5, 5.41) is 3.21. The number of carbonyl (C=O) groups excluding carboxylic acids is 1. The molecule has 0 unspecified atom stereocenters. The van der Waals surface area contributed by atoms with E-state index in [0.717, 1.165) is 23.9 Å². The molecule has 1 aromatic heterocycles. The van der Waals surface area contributed by atoms with Crippen LogP contribution >= 0.6 is 27.3 Å². The molecule has 1 heterocycles. The summed E-state index contributed by atoms with van der Waals surface area (Å²) in [6.45, 7) is 0.743. The van der Waals surface area contributed by atoms with E-state index in [1.807, 2.05) is 12.4 Å². The molecular formula is C11H14BrNO2S. The Morgan fingerprint density at radius 2 is 2.38 bits per heavy atom. The van der Waals surface area contributed by atoms with Gasteiger partial charge in [0.1, 0.15) is 0 Å². The number of thiophene rings is 1. The maximum Gasteiger partial charge on any atom is 0.313 e. The van der Waals surface area contributed by atoms with Gasteiger partial charge in [0.05, 0.1) is 17.5 Å². The van der Waals surface area contributed by atoms with E-state index >= 15 is 0 Å². The molecule has 88 valence electrons. The van der Waals surface area contributed by atoms with E-state index in [9.17, 15) is 4.79 Å². The van der Waals surface area contributed by atoms with E-state index in [0.29, 0.717) is 0 Å². The fraction of sp³-hybridized carbons (Fsp3) is 0.545. The fourth-order valence-electron chi connectivity index (χ4n) is 1.83. The first-order valence-electron chi connectivity index (χ1n) is 5.11. The Balaban J connectivity index is 2.02. The second-order valence-corrected chi connectivity index (χ2v) is 6.04. The highest BCUT2D eigenvalue weighted by molar-refractivity contribution is 9.10. The minimum atomic E-state index is -0.250. The van der Waals surface area contributed by atoms with Crippen LogP contribution in [0.3, 0.4) is 0 Å². The predicted molar refractivity (Wildman–Crippen MR) is 69.0 cm³/mol. The van der Waals surface area contributed by atoms with Crippen LogP contribution in [0.4, 0.5) is 5.00 Å². The molecule has 0 spiro atoms. The van der Waals surface area contributed by atoms with Crippen LogP contribution in [0.5, 0.6) is 0 Å². The van der Waals surface area contributed by atoms with Crippen molar-refractivity contribution in [1.82, 2.24) is 0 Å². The minimum absolute atomic E-state index is 0.0741. The van der Waals surface area contributed by atoms with Gasteiger partial charge in [0.2, 0.25) is 0 Å². The van der Waals surface area contributed by atoms with Crippen molar-refractivity contribution in [3.63, 3.8) is 0 Å². The van der Waals surface area contributed by atoms with Gasteiger partial charge in [0.25, 0.3) is 0 Å². The third kappa shape index (κ3) is 2.25. The zero-order chi connectivity index (χ0) is 11.8. The summed E-state index contributed by atoms with van der Waals surface area (Å²) in [4.78, 5) is 13.7. The summed E-state index contributed by atoms with van der Waals surface area (Å²) in [6, 6.07) is 2.07. The van der Waals surface area contributed by atoms with Crippen molar-refractivity contribution >= 4 is 38.2 Å². The van der Waals surface area contributed by atoms with E-state index in [4.69, 9.17) is 4.74 Å². The van der Waals surface area contributed by atoms with Crippen LogP contribution in [0.2, 0.25) is 0 Å². The molecule has 1 aliphatic carbocycles. The number of anilines is 1. The first kappa shape index (κ1) is 11.9. The average Bonchev–Trinajstić information content (AvgIpc) is 2.91. The van der Waals surface area contributed by atoms with Crippen LogP contribution < -0.4 is 4.90 Å². The van der Waals surface area contributed by atoms with Gasteiger partial charge in [0.15, 0.2) is 0 Å². The highest BCUT2D eigenvalue weighted by Gasteiger charge is 2.51. The van der Waals surface area contributed by atoms with Crippen molar-refractivity contribution in [1.29, 1.82) is 0 Å². The number of esters is 1. The molecular weight excluding hydrogens is 290 g/mol. The van der Waals surface area contributed by atoms with Crippen molar-refractivity contribution in [3.8, 4) is 0 Å². The van der Waals surface area contributed by atoms with Gasteiger partial charge >= 0.3 is 5.97 Å². The molecule has 3 nitrogen and oxygen atoms in total. The summed E-state index contributed by atoms with van der Waals surface area (Å²) in [6.07, 6.45) is 1.88. The number of ether oxygens (including phenoxy) is 1. The largest absolute Gasteiger partial charge is 0.469 e. The summed E-state index contributed by atoms with van der Waals surface area (Å²) in [7, 11) is 3.48. The molecule has 0 radical (unpaired) electrons. The van der Waals surface area contributed by atoms with Gasteiger partial charge in [0, 0.05) is 23.4 Å². The predicted octanol–water partition coefficient (Wildman–Crippen LogP) is 2.90. The van der Waals surface area contributed by atoms with Crippen LogP contribution in [0.1, 0.15) is 12.8 Å². The highest BCUT2D eigenvalue weighted by atomic mass is 79.9. The van der Waals surface area contributed by atoms with Crippen LogP contribution in [-0.2, 0) is 9.53 Å². The molecule has 0 aromatic carbocycles. The summed E-state index contributed by atoms with van der Waals surface area (Å²) >= 11 is 5.10. The van der Waals surface area contributed by atoms with E-state index in [-0.39, 0.29) is 11.4 Å². The average molecular weight is 304 g/mol. The Kier molecular flexibility index (Phi) is 3.26. The zero-order valence-corrected chi connectivity index (χ0v) is 11.7. The number of nitrogens with zero attached hydrogens (tertiary/aromatic N) is 1. The van der Waals surface area contributed by atoms with Crippen LogP contribution in [0, 0.1) is 5.41 Å². The van der Waals surface area contributed by atoms with Gasteiger partial charge < -0.3 is 9.64 Å². The van der Waals surface area contributed by atoms with Crippen molar-refractivity contribution in [2.24, 2.45) is 5.41 Å². The Hall–Kier alpha value is -0.550. The topological polar surface area (TPSA) is 29.5 Å². The maximum atomic E-state index is 11.6. The summed E-state index contributed by atoms with van der Waals surface area (Å²) < 4.78 is 5.93. The number of methoxy groups -OCH3 is 1. The molecule has 1 aromatic rings. The van der Waals surface area contributed by atoms with Gasteiger partial charge in [-0.15, -0.1) is 11.3 Å². The van der Waals surface area contributed by atoms with E-state index < -0.39 is 0 Å². The standard InChI is InChI=1S/C11H14BrNO2S/c1-13(9-5-8(12)6-16-9)7-11(3-4-11)10(14)15-2/h5-6H,3-4,7H2,1-2H3. The second kappa shape index (κ2) is 4.37. The third-order valence-electron chi connectivity index (χ3n) is 2.94. The summed E-state index contributed by atoms with van der Waals surface area (Å²) in [5.41, 5.74) is -0.250. The Labute approximate surface area is 108 Å². The van der Waals surface area contributed by atoms with Gasteiger partial charge in [-0.05, 0) is 34.8 Å². The van der Waals surface area contributed by atoms with E-state index in [1.165, 1.54) is 12.1 Å². The Morgan fingerprint density at radius 1 is 1.69 bits per heavy atom. The molecule has 0 saturated heterocycles. The molecule has 1 fully saturated rings. The number of carbonyl (C=O) groups is 1. The van der Waals surface area contributed by atoms with Crippen molar-refractivity contribution in [2.75, 3.05) is 25.6 Å². The lowest BCUT2D eigenvalue weighted by Gasteiger charge is -2.22. The van der Waals surface area contributed by atoms with Crippen molar-refractivity contribution in [2.45, 2.75) is 12.8 Å². The van der Waals surface area contributed by atoms with Crippen LogP contribution in [0.15, 0.2) is 15.9 Å². The molecule has 0 N–H and O–H groups in total. The molecule has 0 bridgehead atoms. The highest BCUT2D eigenvalue weighted by Crippen LogP contribution is 2.48. The second-order valence-electron chi connectivity index (χ2n) is 4.23. The van der Waals surface area contributed by atoms with Gasteiger partial charge in [-0.3, -0.25) is 4.79 Å². The lowest BCUT2D eigenvalue weighted by atomic mass is 10.1. The van der Waals surface area contributed by atoms with Crippen LogP contribution in [-0.4, -0.2) is 26.7 Å². The summed E-state index contributed by atoms with van der Waals surface area (Å²) in [5.74, 6) is -0.0741. The van der Waals surface area contributed by atoms with Gasteiger partial charge in [-0.25, -0.2) is 0 Å². The van der Waals surface area contributed by atoms with Crippen molar-refractivity contribution < 1.29 is 9.53 Å². The molecule has 0 aliphatic heterocycles. The smallest absolute Gasteiger partial charge is 0.313 e. The monoisotopic (exact) mass is 303 g/mol. The molecule has 16 heavy (non-hydrogen) atoms. The molecule has 5 heteroatoms. The first-order valence-corrected chi connectivity index (χ1v) is 6.78. The lowest BCUT2D eigenvalue weighted by Crippen LogP contribution is -2.32. The molecule has 1 saturated carbocycles. The van der Waals surface area contributed by atoms with Gasteiger partial charge in [-0.2, -0.15) is 0 Å². The first-order chi connectivity index (χ1) is 7.57. The number of rotatable bonds is 4. The quantitative estimate of drug-likeness (QED) is 0.801. The number of hydrogen-bond donors (Lipinski definition) is 0. The molecule has 2 rings (SSSR count). The number of halogens is 1. The SMILES string of the molecule is COC(=O)C1(CN(C)c2cc(Br)cs2)CC1. The molecule has 1 aliphatic rings. The Bertz CT molecular complexity index is 400. The van der Waals surface area contributed by atoms with Crippen LogP contribution in [0.25, 0.3) is 0 Å². The normalized spacial score (nSPS) is 16.9. The minimum Gasteiger partial charge on any atom is -0.469 e. The lowest BCUT2D eigenvalue weighted by molar-refractivity contribution is -0.146. The number of hydrogen-bond acceptors (Lipinski definition) is 4. The van der Waals surface area contributed by atoms with E-state index in [1.54, 1.807) is 11.3 Å².